The highest BCUT2D eigenvalue weighted by atomic mass is 19.1. The molecule has 1 spiro atoms. The molecule has 0 bridgehead atoms. The maximum Gasteiger partial charge on any atom is 0.270 e. The number of hydrogen-bond acceptors (Lipinski definition) is 8. The van der Waals surface area contributed by atoms with Gasteiger partial charge in [-0.3, -0.25) is 4.79 Å². The van der Waals surface area contributed by atoms with Crippen molar-refractivity contribution in [3.05, 3.63) is 58.2 Å². The van der Waals surface area contributed by atoms with Crippen molar-refractivity contribution in [2.24, 2.45) is 16.1 Å². The molecule has 2 aromatic rings. The number of ether oxygens (including phenoxy) is 1. The van der Waals surface area contributed by atoms with E-state index >= 15 is 0 Å². The fraction of sp³-hybridized carbons (Fsp3) is 0.440. The molecular formula is C25H31FN6O3. The zero-order valence-corrected chi connectivity index (χ0v) is 20.2. The maximum absolute atomic E-state index is 13.9. The van der Waals surface area contributed by atoms with Crippen molar-refractivity contribution in [3.63, 3.8) is 0 Å². The van der Waals surface area contributed by atoms with Gasteiger partial charge >= 0.3 is 0 Å². The van der Waals surface area contributed by atoms with Gasteiger partial charge < -0.3 is 25.8 Å². The summed E-state index contributed by atoms with van der Waals surface area (Å²) in [6.45, 7) is 7.10. The summed E-state index contributed by atoms with van der Waals surface area (Å²) in [5, 5.41) is 12.8. The molecule has 1 aromatic heterocycles. The van der Waals surface area contributed by atoms with Crippen LogP contribution in [0.4, 0.5) is 16.2 Å². The lowest BCUT2D eigenvalue weighted by atomic mass is 9.79. The number of nitrogens with one attached hydrogen (secondary N) is 1. The van der Waals surface area contributed by atoms with Crippen molar-refractivity contribution >= 4 is 23.9 Å². The molecule has 0 unspecified atom stereocenters. The van der Waals surface area contributed by atoms with Crippen molar-refractivity contribution in [2.45, 2.75) is 46.4 Å². The first-order chi connectivity index (χ1) is 16.7. The standard InChI is InChI=1S/C25H31FN6O3/c1-15(2)30-24-29-8-16(3)22(31-24)28-9-19-7-25(13-35-14-25)12-32(23(34)21(19)27)10-18-6-20(26)5-4-17(18)11-33/h4-6,8-9,15,33H,7,10-14,27H2,1-3H3,(H,29,30,31). The predicted octanol–water partition coefficient (Wildman–Crippen LogP) is 2.60. The highest BCUT2D eigenvalue weighted by Crippen LogP contribution is 2.38. The van der Waals surface area contributed by atoms with Crippen LogP contribution in [0.5, 0.6) is 0 Å². The Bertz CT molecular complexity index is 1180. The number of aliphatic imine (C=N–C) groups is 1. The van der Waals surface area contributed by atoms with Crippen LogP contribution in [-0.2, 0) is 22.7 Å². The fourth-order valence-corrected chi connectivity index (χ4v) is 4.30. The first kappa shape index (κ1) is 24.7. The Morgan fingerprint density at radius 3 is 2.80 bits per heavy atom. The molecule has 186 valence electrons. The third-order valence-electron chi connectivity index (χ3n) is 6.18. The lowest BCUT2D eigenvalue weighted by molar-refractivity contribution is -0.143. The van der Waals surface area contributed by atoms with Crippen LogP contribution in [-0.4, -0.2) is 57.9 Å². The normalized spacial score (nSPS) is 17.9. The molecule has 1 aromatic carbocycles. The van der Waals surface area contributed by atoms with Gasteiger partial charge in [0.25, 0.3) is 5.91 Å². The predicted molar refractivity (Wildman–Crippen MR) is 131 cm³/mol. The number of carbonyl (C=O) groups excluding carboxylic acids is 1. The van der Waals surface area contributed by atoms with Gasteiger partial charge in [0.05, 0.1) is 19.8 Å². The molecule has 2 aliphatic rings. The number of nitrogens with zero attached hydrogens (tertiary/aromatic N) is 4. The summed E-state index contributed by atoms with van der Waals surface area (Å²) < 4.78 is 19.4. The van der Waals surface area contributed by atoms with Gasteiger partial charge in [0.15, 0.2) is 5.82 Å². The van der Waals surface area contributed by atoms with Crippen LogP contribution in [0, 0.1) is 18.2 Å². The second-order valence-corrected chi connectivity index (χ2v) is 9.60. The van der Waals surface area contributed by atoms with Gasteiger partial charge in [-0.15, -0.1) is 0 Å². The molecule has 0 radical (unpaired) electrons. The number of allylic oxidation sites excluding steroid dienone is 1. The van der Waals surface area contributed by atoms with Crippen LogP contribution < -0.4 is 11.1 Å². The summed E-state index contributed by atoms with van der Waals surface area (Å²) in [4.78, 5) is 28.3. The highest BCUT2D eigenvalue weighted by Gasteiger charge is 2.44. The molecule has 0 atom stereocenters. The summed E-state index contributed by atoms with van der Waals surface area (Å²) in [6.07, 6.45) is 3.82. The number of hydrogen-bond donors (Lipinski definition) is 3. The van der Waals surface area contributed by atoms with Gasteiger partial charge in [-0.25, -0.2) is 14.4 Å². The molecule has 10 heteroatoms. The van der Waals surface area contributed by atoms with Crippen LogP contribution in [0.3, 0.4) is 0 Å². The Hall–Kier alpha value is -3.37. The zero-order chi connectivity index (χ0) is 25.2. The monoisotopic (exact) mass is 482 g/mol. The van der Waals surface area contributed by atoms with E-state index in [1.165, 1.54) is 18.2 Å². The molecule has 35 heavy (non-hydrogen) atoms. The Kier molecular flexibility index (Phi) is 7.13. The van der Waals surface area contributed by atoms with E-state index in [0.717, 1.165) is 5.56 Å². The van der Waals surface area contributed by atoms with E-state index < -0.39 is 5.82 Å². The van der Waals surface area contributed by atoms with Gasteiger partial charge in [0.1, 0.15) is 11.5 Å². The van der Waals surface area contributed by atoms with Gasteiger partial charge in [-0.1, -0.05) is 6.07 Å². The van der Waals surface area contributed by atoms with E-state index in [0.29, 0.717) is 54.6 Å². The van der Waals surface area contributed by atoms with Crippen LogP contribution >= 0.6 is 0 Å². The Morgan fingerprint density at radius 2 is 2.14 bits per heavy atom. The van der Waals surface area contributed by atoms with Crippen molar-refractivity contribution in [2.75, 3.05) is 25.1 Å². The van der Waals surface area contributed by atoms with Crippen molar-refractivity contribution in [1.82, 2.24) is 14.9 Å². The Labute approximate surface area is 203 Å². The van der Waals surface area contributed by atoms with E-state index in [4.69, 9.17) is 10.5 Å². The van der Waals surface area contributed by atoms with Crippen LogP contribution in [0.2, 0.25) is 0 Å². The summed E-state index contributed by atoms with van der Waals surface area (Å²) in [5.41, 5.74) is 8.65. The van der Waals surface area contributed by atoms with E-state index in [2.05, 4.69) is 20.3 Å². The largest absolute Gasteiger partial charge is 0.394 e. The molecular weight excluding hydrogens is 451 g/mol. The highest BCUT2D eigenvalue weighted by molar-refractivity contribution is 6.00. The van der Waals surface area contributed by atoms with E-state index in [1.807, 2.05) is 20.8 Å². The van der Waals surface area contributed by atoms with Crippen LogP contribution in [0.25, 0.3) is 0 Å². The number of aliphatic hydroxyl groups is 1. The number of rotatable bonds is 7. The quantitative estimate of drug-likeness (QED) is 0.518. The Morgan fingerprint density at radius 1 is 1.37 bits per heavy atom. The molecule has 2 aliphatic heterocycles. The third-order valence-corrected chi connectivity index (χ3v) is 6.18. The summed E-state index contributed by atoms with van der Waals surface area (Å²) in [6, 6.07) is 4.33. The fourth-order valence-electron chi connectivity index (χ4n) is 4.30. The molecule has 9 nitrogen and oxygen atoms in total. The number of nitrogens with two attached hydrogens (primary N) is 1. The number of amides is 1. The van der Waals surface area contributed by atoms with Crippen molar-refractivity contribution < 1.29 is 19.0 Å². The number of halogens is 1. The summed E-state index contributed by atoms with van der Waals surface area (Å²) in [7, 11) is 0. The minimum Gasteiger partial charge on any atom is -0.394 e. The van der Waals surface area contributed by atoms with Gasteiger partial charge in [-0.05, 0) is 56.0 Å². The van der Waals surface area contributed by atoms with Crippen LogP contribution in [0.15, 0.2) is 40.7 Å². The number of carbonyl (C=O) groups is 1. The average molecular weight is 483 g/mol. The first-order valence-electron chi connectivity index (χ1n) is 11.6. The second-order valence-electron chi connectivity index (χ2n) is 9.60. The number of benzene rings is 1. The molecule has 0 saturated carbocycles. The minimum absolute atomic E-state index is 0.0896. The lowest BCUT2D eigenvalue weighted by Gasteiger charge is -2.43. The molecule has 4 rings (SSSR count). The SMILES string of the molecule is Cc1cnc(NC(C)C)nc1N=CC1=C(N)C(=O)N(Cc2cc(F)ccc2CO)CC2(COC2)C1. The maximum atomic E-state index is 13.9. The number of aromatic nitrogens is 2. The zero-order valence-electron chi connectivity index (χ0n) is 20.2. The third kappa shape index (κ3) is 5.49. The number of aliphatic hydroxyl groups excluding tert-OH is 1. The molecule has 1 amide bonds. The molecule has 3 heterocycles. The van der Waals surface area contributed by atoms with E-state index in [9.17, 15) is 14.3 Å². The summed E-state index contributed by atoms with van der Waals surface area (Å²) >= 11 is 0. The van der Waals surface area contributed by atoms with Crippen LogP contribution in [0.1, 0.15) is 37.0 Å². The summed E-state index contributed by atoms with van der Waals surface area (Å²) in [5.74, 6) is 0.179. The van der Waals surface area contributed by atoms with Gasteiger partial charge in [0.2, 0.25) is 5.95 Å². The van der Waals surface area contributed by atoms with E-state index in [1.54, 1.807) is 17.3 Å². The molecule has 4 N–H and O–H groups in total. The first-order valence-corrected chi connectivity index (χ1v) is 11.6. The van der Waals surface area contributed by atoms with Crippen molar-refractivity contribution in [3.8, 4) is 0 Å². The number of anilines is 1. The lowest BCUT2D eigenvalue weighted by Crippen LogP contribution is -2.51. The number of aryl methyl sites for hydroxylation is 1. The minimum atomic E-state index is -0.427. The smallest absolute Gasteiger partial charge is 0.270 e. The molecule has 0 aliphatic carbocycles. The van der Waals surface area contributed by atoms with Crippen molar-refractivity contribution in [1.29, 1.82) is 0 Å². The molecule has 1 saturated heterocycles. The second kappa shape index (κ2) is 10.1. The van der Waals surface area contributed by atoms with E-state index in [-0.39, 0.29) is 36.2 Å². The van der Waals surface area contributed by atoms with Gasteiger partial charge in [0, 0.05) is 42.5 Å². The van der Waals surface area contributed by atoms with Gasteiger partial charge in [-0.2, -0.15) is 4.98 Å². The average Bonchev–Trinajstić information content (AvgIpc) is 2.89. The topological polar surface area (TPSA) is 126 Å². The molecule has 1 fully saturated rings. The Balaban J connectivity index is 1.64.